The van der Waals surface area contributed by atoms with Crippen molar-refractivity contribution < 1.29 is 9.90 Å². The normalized spacial score (nSPS) is 10.8. The van der Waals surface area contributed by atoms with Crippen LogP contribution in [0.4, 0.5) is 5.69 Å². The van der Waals surface area contributed by atoms with E-state index in [4.69, 9.17) is 0 Å². The molecule has 128 valence electrons. The van der Waals surface area contributed by atoms with Crippen molar-refractivity contribution >= 4 is 22.6 Å². The van der Waals surface area contributed by atoms with E-state index in [1.165, 1.54) is 6.20 Å². The molecule has 6 heteroatoms. The number of rotatable bonds is 3. The molecule has 0 aliphatic carbocycles. The fourth-order valence-electron chi connectivity index (χ4n) is 2.70. The van der Waals surface area contributed by atoms with Gasteiger partial charge in [-0.3, -0.25) is 9.59 Å². The number of fused-ring (bicyclic) bond motifs is 1. The zero-order valence-corrected chi connectivity index (χ0v) is 14.3. The monoisotopic (exact) mass is 337 g/mol. The van der Waals surface area contributed by atoms with Crippen molar-refractivity contribution in [2.24, 2.45) is 0 Å². The van der Waals surface area contributed by atoms with E-state index in [9.17, 15) is 14.7 Å². The van der Waals surface area contributed by atoms with Crippen LogP contribution < -0.4 is 10.7 Å². The number of pyridine rings is 2. The Morgan fingerprint density at radius 1 is 1.24 bits per heavy atom. The van der Waals surface area contributed by atoms with Gasteiger partial charge in [0.1, 0.15) is 17.0 Å². The van der Waals surface area contributed by atoms with Gasteiger partial charge >= 0.3 is 0 Å². The first-order valence-electron chi connectivity index (χ1n) is 8.02. The Kier molecular flexibility index (Phi) is 4.27. The lowest BCUT2D eigenvalue weighted by molar-refractivity contribution is 0.102. The van der Waals surface area contributed by atoms with Gasteiger partial charge in [0, 0.05) is 18.4 Å². The zero-order valence-electron chi connectivity index (χ0n) is 14.3. The van der Waals surface area contributed by atoms with E-state index < -0.39 is 5.91 Å². The van der Waals surface area contributed by atoms with Crippen LogP contribution in [0, 0.1) is 13.8 Å². The minimum Gasteiger partial charge on any atom is -0.506 e. The summed E-state index contributed by atoms with van der Waals surface area (Å²) in [6.07, 6.45) is 1.51. The molecular weight excluding hydrogens is 318 g/mol. The number of phenols is 1. The number of benzene rings is 1. The third kappa shape index (κ3) is 3.10. The molecule has 2 N–H and O–H groups in total. The lowest BCUT2D eigenvalue weighted by Crippen LogP contribution is -2.24. The minimum atomic E-state index is -0.561. The number of aromatic hydroxyl groups is 1. The number of phenolic OH excluding ortho intramolecular Hbond substituents is 1. The van der Waals surface area contributed by atoms with Gasteiger partial charge in [0.15, 0.2) is 0 Å². The summed E-state index contributed by atoms with van der Waals surface area (Å²) in [4.78, 5) is 29.7. The Morgan fingerprint density at radius 2 is 2.00 bits per heavy atom. The van der Waals surface area contributed by atoms with Crippen molar-refractivity contribution in [2.75, 3.05) is 5.32 Å². The van der Waals surface area contributed by atoms with Crippen molar-refractivity contribution in [3.8, 4) is 5.75 Å². The molecule has 1 aromatic carbocycles. The van der Waals surface area contributed by atoms with Crippen LogP contribution in [0.1, 0.15) is 28.5 Å². The Bertz CT molecular complexity index is 1040. The SMILES string of the molecule is CCn1cc(C(=O)Nc2ccc(C)cc2O)c(=O)c2ccc(C)nc21. The molecule has 0 spiro atoms. The molecule has 2 aromatic heterocycles. The summed E-state index contributed by atoms with van der Waals surface area (Å²) in [5.74, 6) is -0.601. The molecule has 0 fully saturated rings. The van der Waals surface area contributed by atoms with E-state index in [0.29, 0.717) is 17.6 Å². The lowest BCUT2D eigenvalue weighted by atomic mass is 10.1. The number of amides is 1. The number of carbonyl (C=O) groups is 1. The van der Waals surface area contributed by atoms with Crippen molar-refractivity contribution in [2.45, 2.75) is 27.3 Å². The fraction of sp³-hybridized carbons (Fsp3) is 0.211. The summed E-state index contributed by atoms with van der Waals surface area (Å²) in [5, 5.41) is 12.9. The van der Waals surface area contributed by atoms with Crippen molar-refractivity contribution in [3.63, 3.8) is 0 Å². The average Bonchev–Trinajstić information content (AvgIpc) is 2.57. The molecule has 0 saturated carbocycles. The highest BCUT2D eigenvalue weighted by Crippen LogP contribution is 2.24. The second kappa shape index (κ2) is 6.39. The molecular formula is C19H19N3O3. The van der Waals surface area contributed by atoms with Gasteiger partial charge in [0.2, 0.25) is 5.43 Å². The Morgan fingerprint density at radius 3 is 2.68 bits per heavy atom. The van der Waals surface area contributed by atoms with Crippen LogP contribution in [-0.4, -0.2) is 20.6 Å². The van der Waals surface area contributed by atoms with Crippen LogP contribution >= 0.6 is 0 Å². The molecule has 6 nitrogen and oxygen atoms in total. The Hall–Kier alpha value is -3.15. The maximum absolute atomic E-state index is 12.7. The molecule has 0 atom stereocenters. The second-order valence-corrected chi connectivity index (χ2v) is 5.96. The number of hydrogen-bond donors (Lipinski definition) is 2. The van der Waals surface area contributed by atoms with Crippen LogP contribution in [-0.2, 0) is 6.54 Å². The molecule has 3 rings (SSSR count). The highest BCUT2D eigenvalue weighted by Gasteiger charge is 2.17. The van der Waals surface area contributed by atoms with Gasteiger partial charge in [-0.2, -0.15) is 0 Å². The van der Waals surface area contributed by atoms with E-state index >= 15 is 0 Å². The predicted octanol–water partition coefficient (Wildman–Crippen LogP) is 2.99. The number of nitrogens with one attached hydrogen (secondary N) is 1. The molecule has 2 heterocycles. The van der Waals surface area contributed by atoms with E-state index in [0.717, 1.165) is 11.3 Å². The number of anilines is 1. The summed E-state index contributed by atoms with van der Waals surface area (Å²) < 4.78 is 1.77. The lowest BCUT2D eigenvalue weighted by Gasteiger charge is -2.12. The zero-order chi connectivity index (χ0) is 18.1. The first kappa shape index (κ1) is 16.7. The van der Waals surface area contributed by atoms with E-state index in [2.05, 4.69) is 10.3 Å². The molecule has 0 unspecified atom stereocenters. The topological polar surface area (TPSA) is 84.2 Å². The maximum Gasteiger partial charge on any atom is 0.261 e. The molecule has 1 amide bonds. The van der Waals surface area contributed by atoms with Gasteiger partial charge in [-0.05, 0) is 50.6 Å². The molecule has 0 saturated heterocycles. The van der Waals surface area contributed by atoms with Gasteiger partial charge in [-0.25, -0.2) is 4.98 Å². The minimum absolute atomic E-state index is 0.0139. The second-order valence-electron chi connectivity index (χ2n) is 5.96. The number of nitrogens with zero attached hydrogens (tertiary/aromatic N) is 2. The summed E-state index contributed by atoms with van der Waals surface area (Å²) in [5.41, 5.74) is 2.13. The predicted molar refractivity (Wildman–Crippen MR) is 97.2 cm³/mol. The fourth-order valence-corrected chi connectivity index (χ4v) is 2.70. The van der Waals surface area contributed by atoms with Gasteiger partial charge in [0.05, 0.1) is 11.1 Å². The molecule has 0 aliphatic heterocycles. The number of aryl methyl sites for hydroxylation is 3. The largest absolute Gasteiger partial charge is 0.506 e. The van der Waals surface area contributed by atoms with Crippen LogP contribution in [0.2, 0.25) is 0 Å². The number of hydrogen-bond acceptors (Lipinski definition) is 4. The first-order chi connectivity index (χ1) is 11.9. The third-order valence-corrected chi connectivity index (χ3v) is 4.05. The first-order valence-corrected chi connectivity index (χ1v) is 8.02. The molecule has 0 radical (unpaired) electrons. The van der Waals surface area contributed by atoms with Crippen LogP contribution in [0.5, 0.6) is 5.75 Å². The third-order valence-electron chi connectivity index (χ3n) is 4.05. The Balaban J connectivity index is 2.08. The molecule has 0 aliphatic rings. The highest BCUT2D eigenvalue weighted by atomic mass is 16.3. The number of aromatic nitrogens is 2. The maximum atomic E-state index is 12.7. The van der Waals surface area contributed by atoms with Gasteiger partial charge in [0.25, 0.3) is 5.91 Å². The van der Waals surface area contributed by atoms with Crippen LogP contribution in [0.15, 0.2) is 41.3 Å². The smallest absolute Gasteiger partial charge is 0.261 e. The standard InChI is InChI=1S/C19H19N3O3/c1-4-22-10-14(17(24)13-7-6-12(3)20-18(13)22)19(25)21-15-8-5-11(2)9-16(15)23/h5-10,23H,4H2,1-3H3,(H,21,25). The van der Waals surface area contributed by atoms with E-state index in [1.807, 2.05) is 20.8 Å². The average molecular weight is 337 g/mol. The molecule has 0 bridgehead atoms. The summed E-state index contributed by atoms with van der Waals surface area (Å²) in [7, 11) is 0. The summed E-state index contributed by atoms with van der Waals surface area (Å²) >= 11 is 0. The summed E-state index contributed by atoms with van der Waals surface area (Å²) in [6.45, 7) is 6.18. The summed E-state index contributed by atoms with van der Waals surface area (Å²) in [6, 6.07) is 8.36. The van der Waals surface area contributed by atoms with Crippen molar-refractivity contribution in [1.82, 2.24) is 9.55 Å². The van der Waals surface area contributed by atoms with Crippen LogP contribution in [0.25, 0.3) is 11.0 Å². The van der Waals surface area contributed by atoms with Gasteiger partial charge < -0.3 is 15.0 Å². The van der Waals surface area contributed by atoms with Crippen LogP contribution in [0.3, 0.4) is 0 Å². The van der Waals surface area contributed by atoms with E-state index in [1.54, 1.807) is 34.9 Å². The molecule has 25 heavy (non-hydrogen) atoms. The highest BCUT2D eigenvalue weighted by molar-refractivity contribution is 6.06. The van der Waals surface area contributed by atoms with Crippen molar-refractivity contribution in [1.29, 1.82) is 0 Å². The quantitative estimate of drug-likeness (QED) is 0.720. The molecule has 3 aromatic rings. The Labute approximate surface area is 144 Å². The van der Waals surface area contributed by atoms with Gasteiger partial charge in [-0.1, -0.05) is 6.07 Å². The van der Waals surface area contributed by atoms with Crippen molar-refractivity contribution in [3.05, 3.63) is 63.6 Å². The van der Waals surface area contributed by atoms with Gasteiger partial charge in [-0.15, -0.1) is 0 Å². The van der Waals surface area contributed by atoms with E-state index in [-0.39, 0.29) is 22.4 Å². The number of carbonyl (C=O) groups excluding carboxylic acids is 1.